The number of nitrogens with one attached hydrogen (secondary N) is 2. The van der Waals surface area contributed by atoms with E-state index in [1.807, 2.05) is 49.4 Å². The number of hydrogen-bond donors (Lipinski definition) is 2. The molecule has 0 radical (unpaired) electrons. The molecule has 2 N–H and O–H groups in total. The molecule has 0 aliphatic heterocycles. The van der Waals surface area contributed by atoms with E-state index in [2.05, 4.69) is 10.3 Å². The molecule has 1 aromatic heterocycles. The van der Waals surface area contributed by atoms with Crippen LogP contribution in [0.4, 0.5) is 0 Å². The van der Waals surface area contributed by atoms with Crippen molar-refractivity contribution in [2.75, 3.05) is 0 Å². The van der Waals surface area contributed by atoms with E-state index in [0.29, 0.717) is 5.39 Å². The van der Waals surface area contributed by atoms with E-state index in [9.17, 15) is 9.59 Å². The largest absolute Gasteiger partial charge is 0.344 e. The summed E-state index contributed by atoms with van der Waals surface area (Å²) < 4.78 is 0. The highest BCUT2D eigenvalue weighted by Gasteiger charge is 2.13. The molecule has 4 heteroatoms. The Bertz CT molecular complexity index is 869. The number of rotatable bonds is 3. The number of carbonyl (C=O) groups excluding carboxylic acids is 1. The fourth-order valence-electron chi connectivity index (χ4n) is 2.43. The summed E-state index contributed by atoms with van der Waals surface area (Å²) in [5.41, 5.74) is 1.03. The second kappa shape index (κ2) is 5.85. The highest BCUT2D eigenvalue weighted by Crippen LogP contribution is 2.13. The van der Waals surface area contributed by atoms with Crippen molar-refractivity contribution in [3.05, 3.63) is 82.3 Å². The molecule has 0 saturated heterocycles. The van der Waals surface area contributed by atoms with E-state index in [0.717, 1.165) is 10.9 Å². The van der Waals surface area contributed by atoms with Crippen LogP contribution in [0.3, 0.4) is 0 Å². The van der Waals surface area contributed by atoms with Gasteiger partial charge < -0.3 is 10.3 Å². The summed E-state index contributed by atoms with van der Waals surface area (Å²) in [6.07, 6.45) is 0. The van der Waals surface area contributed by atoms with Crippen LogP contribution >= 0.6 is 0 Å². The quantitative estimate of drug-likeness (QED) is 0.779. The van der Waals surface area contributed by atoms with E-state index in [-0.39, 0.29) is 23.2 Å². The zero-order valence-corrected chi connectivity index (χ0v) is 12.2. The maximum atomic E-state index is 12.3. The number of hydrogen-bond acceptors (Lipinski definition) is 2. The summed E-state index contributed by atoms with van der Waals surface area (Å²) in [6.45, 7) is 1.91. The van der Waals surface area contributed by atoms with Crippen molar-refractivity contribution < 1.29 is 4.79 Å². The van der Waals surface area contributed by atoms with Crippen molar-refractivity contribution in [2.24, 2.45) is 0 Å². The van der Waals surface area contributed by atoms with Crippen LogP contribution in [0.1, 0.15) is 29.0 Å². The fourth-order valence-corrected chi connectivity index (χ4v) is 2.43. The molecule has 3 aromatic rings. The van der Waals surface area contributed by atoms with Crippen LogP contribution in [0, 0.1) is 0 Å². The first-order chi connectivity index (χ1) is 10.6. The van der Waals surface area contributed by atoms with E-state index < -0.39 is 0 Å². The maximum Gasteiger partial charge on any atom is 0.268 e. The molecular formula is C18H16N2O2. The average Bonchev–Trinajstić information content (AvgIpc) is 2.55. The SMILES string of the molecule is CC(NC(=O)c1cc2ccccc2c(=O)[nH]1)c1ccccc1. The van der Waals surface area contributed by atoms with E-state index in [1.165, 1.54) is 0 Å². The second-order valence-electron chi connectivity index (χ2n) is 5.21. The number of aromatic amines is 1. The molecule has 1 amide bonds. The second-order valence-corrected chi connectivity index (χ2v) is 5.21. The van der Waals surface area contributed by atoms with Crippen molar-refractivity contribution in [3.8, 4) is 0 Å². The molecule has 0 spiro atoms. The lowest BCUT2D eigenvalue weighted by Gasteiger charge is -2.14. The number of aromatic nitrogens is 1. The number of H-pyrrole nitrogens is 1. The first kappa shape index (κ1) is 14.1. The van der Waals surface area contributed by atoms with Crippen LogP contribution in [-0.2, 0) is 0 Å². The molecule has 3 rings (SSSR count). The van der Waals surface area contributed by atoms with Gasteiger partial charge in [0.2, 0.25) is 0 Å². The van der Waals surface area contributed by atoms with Gasteiger partial charge in [0.1, 0.15) is 5.69 Å². The summed E-state index contributed by atoms with van der Waals surface area (Å²) in [5, 5.41) is 4.23. The Morgan fingerprint density at radius 1 is 1.05 bits per heavy atom. The van der Waals surface area contributed by atoms with Gasteiger partial charge in [-0.25, -0.2) is 0 Å². The highest BCUT2D eigenvalue weighted by atomic mass is 16.2. The number of amides is 1. The molecule has 4 nitrogen and oxygen atoms in total. The fraction of sp³-hybridized carbons (Fsp3) is 0.111. The summed E-state index contributed by atoms with van der Waals surface area (Å²) in [5.74, 6) is -0.292. The third-order valence-corrected chi connectivity index (χ3v) is 3.65. The van der Waals surface area contributed by atoms with Crippen LogP contribution in [0.15, 0.2) is 65.5 Å². The lowest BCUT2D eigenvalue weighted by Crippen LogP contribution is -2.29. The molecular weight excluding hydrogens is 276 g/mol. The average molecular weight is 292 g/mol. The van der Waals surface area contributed by atoms with Crippen LogP contribution in [0.2, 0.25) is 0 Å². The molecule has 1 unspecified atom stereocenters. The van der Waals surface area contributed by atoms with Gasteiger partial charge in [-0.2, -0.15) is 0 Å². The van der Waals surface area contributed by atoms with Crippen LogP contribution in [0.5, 0.6) is 0 Å². The van der Waals surface area contributed by atoms with Gasteiger partial charge in [-0.05, 0) is 30.0 Å². The zero-order valence-electron chi connectivity index (χ0n) is 12.2. The predicted molar refractivity (Wildman–Crippen MR) is 86.9 cm³/mol. The van der Waals surface area contributed by atoms with Gasteiger partial charge in [-0.15, -0.1) is 0 Å². The predicted octanol–water partition coefficient (Wildman–Crippen LogP) is 3.02. The number of carbonyl (C=O) groups is 1. The molecule has 0 bridgehead atoms. The minimum absolute atomic E-state index is 0.135. The standard InChI is InChI=1S/C18H16N2O2/c1-12(13-7-3-2-4-8-13)19-18(22)16-11-14-9-5-6-10-15(14)17(21)20-16/h2-12H,1H3,(H,19,22)(H,20,21). The van der Waals surface area contributed by atoms with Gasteiger partial charge in [0.25, 0.3) is 11.5 Å². The number of fused-ring (bicyclic) bond motifs is 1. The molecule has 0 aliphatic carbocycles. The van der Waals surface area contributed by atoms with Gasteiger partial charge in [0.05, 0.1) is 6.04 Å². The van der Waals surface area contributed by atoms with Crippen molar-refractivity contribution in [1.82, 2.24) is 10.3 Å². The molecule has 2 aromatic carbocycles. The first-order valence-electron chi connectivity index (χ1n) is 7.13. The topological polar surface area (TPSA) is 62.0 Å². The van der Waals surface area contributed by atoms with Gasteiger partial charge in [-0.3, -0.25) is 9.59 Å². The first-order valence-corrected chi connectivity index (χ1v) is 7.13. The smallest absolute Gasteiger partial charge is 0.268 e. The maximum absolute atomic E-state index is 12.3. The lowest BCUT2D eigenvalue weighted by atomic mass is 10.1. The molecule has 0 saturated carbocycles. The molecule has 0 fully saturated rings. The van der Waals surface area contributed by atoms with Crippen molar-refractivity contribution in [3.63, 3.8) is 0 Å². The number of benzene rings is 2. The molecule has 22 heavy (non-hydrogen) atoms. The Balaban J connectivity index is 1.88. The van der Waals surface area contributed by atoms with Gasteiger partial charge in [-0.1, -0.05) is 48.5 Å². The Morgan fingerprint density at radius 2 is 1.73 bits per heavy atom. The minimum Gasteiger partial charge on any atom is -0.344 e. The Kier molecular flexibility index (Phi) is 3.74. The normalized spacial score (nSPS) is 12.0. The lowest BCUT2D eigenvalue weighted by molar-refractivity contribution is 0.0935. The van der Waals surface area contributed by atoms with Crippen molar-refractivity contribution in [2.45, 2.75) is 13.0 Å². The Labute approximate surface area is 127 Å². The zero-order chi connectivity index (χ0) is 15.5. The van der Waals surface area contributed by atoms with Crippen LogP contribution in [-0.4, -0.2) is 10.9 Å². The summed E-state index contributed by atoms with van der Waals surface area (Å²) in [4.78, 5) is 27.0. The van der Waals surface area contributed by atoms with Gasteiger partial charge in [0.15, 0.2) is 0 Å². The van der Waals surface area contributed by atoms with Gasteiger partial charge >= 0.3 is 0 Å². The van der Waals surface area contributed by atoms with E-state index >= 15 is 0 Å². The third-order valence-electron chi connectivity index (χ3n) is 3.65. The third kappa shape index (κ3) is 2.76. The van der Waals surface area contributed by atoms with E-state index in [1.54, 1.807) is 18.2 Å². The molecule has 1 heterocycles. The van der Waals surface area contributed by atoms with E-state index in [4.69, 9.17) is 0 Å². The van der Waals surface area contributed by atoms with Crippen LogP contribution < -0.4 is 10.9 Å². The summed E-state index contributed by atoms with van der Waals surface area (Å²) in [7, 11) is 0. The Morgan fingerprint density at radius 3 is 2.50 bits per heavy atom. The minimum atomic E-state index is -0.292. The molecule has 1 atom stereocenters. The Hall–Kier alpha value is -2.88. The highest BCUT2D eigenvalue weighted by molar-refractivity contribution is 5.96. The monoisotopic (exact) mass is 292 g/mol. The van der Waals surface area contributed by atoms with Crippen molar-refractivity contribution in [1.29, 1.82) is 0 Å². The summed E-state index contributed by atoms with van der Waals surface area (Å²) in [6, 6.07) is 18.5. The molecule has 110 valence electrons. The number of pyridine rings is 1. The summed E-state index contributed by atoms with van der Waals surface area (Å²) >= 11 is 0. The molecule has 0 aliphatic rings. The van der Waals surface area contributed by atoms with Gasteiger partial charge in [0, 0.05) is 5.39 Å². The van der Waals surface area contributed by atoms with Crippen LogP contribution in [0.25, 0.3) is 10.8 Å². The van der Waals surface area contributed by atoms with Crippen molar-refractivity contribution >= 4 is 16.7 Å².